The summed E-state index contributed by atoms with van der Waals surface area (Å²) in [6.07, 6.45) is 6.94. The first-order valence-electron chi connectivity index (χ1n) is 5.81. The second-order valence-corrected chi connectivity index (χ2v) is 4.49. The van der Waals surface area contributed by atoms with E-state index in [1.165, 1.54) is 0 Å². The van der Waals surface area contributed by atoms with E-state index in [0.717, 1.165) is 31.6 Å². The molecular weight excluding hydrogens is 204 g/mol. The van der Waals surface area contributed by atoms with Gasteiger partial charge in [0.05, 0.1) is 6.20 Å². The minimum Gasteiger partial charge on any atom is -0.381 e. The molecule has 2 rings (SSSR count). The Balaban J connectivity index is 1.71. The molecule has 0 saturated carbocycles. The molecule has 16 heavy (non-hydrogen) atoms. The van der Waals surface area contributed by atoms with Crippen LogP contribution in [0.15, 0.2) is 12.4 Å². The van der Waals surface area contributed by atoms with Gasteiger partial charge in [-0.05, 0) is 24.3 Å². The number of ketones is 1. The summed E-state index contributed by atoms with van der Waals surface area (Å²) in [6.45, 7) is 1.58. The molecule has 0 bridgehead atoms. The van der Waals surface area contributed by atoms with Crippen LogP contribution in [0.5, 0.6) is 0 Å². The maximum absolute atomic E-state index is 11.7. The average molecular weight is 222 g/mol. The van der Waals surface area contributed by atoms with Crippen LogP contribution in [-0.2, 0) is 23.0 Å². The number of aryl methyl sites for hydroxylation is 2. The van der Waals surface area contributed by atoms with Crippen molar-refractivity contribution in [2.45, 2.75) is 25.7 Å². The molecule has 1 aromatic heterocycles. The Bertz CT molecular complexity index is 354. The maximum Gasteiger partial charge on any atom is 0.133 e. The van der Waals surface area contributed by atoms with Crippen LogP contribution < -0.4 is 0 Å². The Morgan fingerprint density at radius 1 is 1.69 bits per heavy atom. The number of nitrogens with zero attached hydrogens (tertiary/aromatic N) is 2. The standard InChI is InChI=1S/C12H18N2O2/c1-14-8-11(7-13-14)2-3-12(15)6-10-4-5-16-9-10/h7-8,10H,2-6,9H2,1H3. The predicted octanol–water partition coefficient (Wildman–Crippen LogP) is 1.35. The van der Waals surface area contributed by atoms with Crippen molar-refractivity contribution in [3.63, 3.8) is 0 Å². The molecule has 0 radical (unpaired) electrons. The van der Waals surface area contributed by atoms with Crippen molar-refractivity contribution in [1.29, 1.82) is 0 Å². The summed E-state index contributed by atoms with van der Waals surface area (Å²) in [6, 6.07) is 0. The molecular formula is C12H18N2O2. The van der Waals surface area contributed by atoms with E-state index in [4.69, 9.17) is 4.74 Å². The summed E-state index contributed by atoms with van der Waals surface area (Å²) in [7, 11) is 1.89. The van der Waals surface area contributed by atoms with Gasteiger partial charge in [0.1, 0.15) is 5.78 Å². The molecule has 4 nitrogen and oxygen atoms in total. The first-order valence-corrected chi connectivity index (χ1v) is 5.81. The molecule has 1 saturated heterocycles. The van der Waals surface area contributed by atoms with Gasteiger partial charge in [0.15, 0.2) is 0 Å². The Morgan fingerprint density at radius 2 is 2.56 bits per heavy atom. The van der Waals surface area contributed by atoms with E-state index in [1.807, 2.05) is 19.4 Å². The highest BCUT2D eigenvalue weighted by Gasteiger charge is 2.18. The highest BCUT2D eigenvalue weighted by atomic mass is 16.5. The normalized spacial score (nSPS) is 20.2. The number of aromatic nitrogens is 2. The molecule has 4 heteroatoms. The molecule has 1 unspecified atom stereocenters. The average Bonchev–Trinajstić information content (AvgIpc) is 2.87. The second-order valence-electron chi connectivity index (χ2n) is 4.49. The predicted molar refractivity (Wildman–Crippen MR) is 60.1 cm³/mol. The lowest BCUT2D eigenvalue weighted by atomic mass is 9.99. The molecule has 0 aliphatic carbocycles. The lowest BCUT2D eigenvalue weighted by Crippen LogP contribution is -2.09. The van der Waals surface area contributed by atoms with Gasteiger partial charge in [0.2, 0.25) is 0 Å². The van der Waals surface area contributed by atoms with Crippen molar-refractivity contribution >= 4 is 5.78 Å². The largest absolute Gasteiger partial charge is 0.381 e. The summed E-state index contributed by atoms with van der Waals surface area (Å²) in [4.78, 5) is 11.7. The van der Waals surface area contributed by atoms with Gasteiger partial charge in [0, 0.05) is 39.3 Å². The Labute approximate surface area is 95.6 Å². The van der Waals surface area contributed by atoms with E-state index in [0.29, 0.717) is 24.5 Å². The number of ether oxygens (including phenoxy) is 1. The van der Waals surface area contributed by atoms with E-state index in [-0.39, 0.29) is 0 Å². The molecule has 1 atom stereocenters. The second kappa shape index (κ2) is 5.25. The van der Waals surface area contributed by atoms with Gasteiger partial charge in [-0.25, -0.2) is 0 Å². The molecule has 1 aromatic rings. The third-order valence-corrected chi connectivity index (χ3v) is 2.99. The van der Waals surface area contributed by atoms with Crippen molar-refractivity contribution < 1.29 is 9.53 Å². The van der Waals surface area contributed by atoms with Crippen LogP contribution in [0.2, 0.25) is 0 Å². The quantitative estimate of drug-likeness (QED) is 0.755. The molecule has 1 aliphatic heterocycles. The lowest BCUT2D eigenvalue weighted by molar-refractivity contribution is -0.119. The van der Waals surface area contributed by atoms with Gasteiger partial charge < -0.3 is 4.74 Å². The smallest absolute Gasteiger partial charge is 0.133 e. The van der Waals surface area contributed by atoms with Crippen molar-refractivity contribution in [3.8, 4) is 0 Å². The van der Waals surface area contributed by atoms with Gasteiger partial charge in [-0.3, -0.25) is 9.48 Å². The van der Waals surface area contributed by atoms with Gasteiger partial charge >= 0.3 is 0 Å². The molecule has 0 N–H and O–H groups in total. The van der Waals surface area contributed by atoms with Crippen molar-refractivity contribution in [1.82, 2.24) is 9.78 Å². The minimum absolute atomic E-state index is 0.347. The third-order valence-electron chi connectivity index (χ3n) is 2.99. The van der Waals surface area contributed by atoms with E-state index in [9.17, 15) is 4.79 Å². The Hall–Kier alpha value is -1.16. The molecule has 1 fully saturated rings. The molecule has 0 spiro atoms. The van der Waals surface area contributed by atoms with E-state index >= 15 is 0 Å². The van der Waals surface area contributed by atoms with Crippen LogP contribution in [0.1, 0.15) is 24.8 Å². The monoisotopic (exact) mass is 222 g/mol. The fourth-order valence-corrected chi connectivity index (χ4v) is 2.05. The summed E-state index contributed by atoms with van der Waals surface area (Å²) >= 11 is 0. The fraction of sp³-hybridized carbons (Fsp3) is 0.667. The highest BCUT2D eigenvalue weighted by Crippen LogP contribution is 2.17. The van der Waals surface area contributed by atoms with E-state index < -0.39 is 0 Å². The van der Waals surface area contributed by atoms with Crippen LogP contribution in [0.3, 0.4) is 0 Å². The first kappa shape index (κ1) is 11.3. The summed E-state index contributed by atoms with van der Waals surface area (Å²) in [5, 5.41) is 4.08. The van der Waals surface area contributed by atoms with E-state index in [1.54, 1.807) is 4.68 Å². The molecule has 1 aliphatic rings. The van der Waals surface area contributed by atoms with Crippen LogP contribution in [-0.4, -0.2) is 28.8 Å². The number of hydrogen-bond donors (Lipinski definition) is 0. The molecule has 88 valence electrons. The van der Waals surface area contributed by atoms with Gasteiger partial charge in [0.25, 0.3) is 0 Å². The molecule has 0 aromatic carbocycles. The molecule has 2 heterocycles. The number of carbonyl (C=O) groups is 1. The van der Waals surface area contributed by atoms with Crippen LogP contribution in [0.4, 0.5) is 0 Å². The summed E-state index contributed by atoms with van der Waals surface area (Å²) in [5.74, 6) is 0.806. The topological polar surface area (TPSA) is 44.1 Å². The van der Waals surface area contributed by atoms with Gasteiger partial charge in [-0.15, -0.1) is 0 Å². The fourth-order valence-electron chi connectivity index (χ4n) is 2.05. The number of hydrogen-bond acceptors (Lipinski definition) is 3. The highest BCUT2D eigenvalue weighted by molar-refractivity contribution is 5.78. The number of carbonyl (C=O) groups excluding carboxylic acids is 1. The van der Waals surface area contributed by atoms with Gasteiger partial charge in [-0.2, -0.15) is 5.10 Å². The zero-order valence-electron chi connectivity index (χ0n) is 9.69. The third kappa shape index (κ3) is 3.17. The molecule has 0 amide bonds. The Morgan fingerprint density at radius 3 is 3.19 bits per heavy atom. The Kier molecular flexibility index (Phi) is 3.72. The number of rotatable bonds is 5. The zero-order chi connectivity index (χ0) is 11.4. The zero-order valence-corrected chi connectivity index (χ0v) is 9.69. The van der Waals surface area contributed by atoms with Crippen molar-refractivity contribution in [3.05, 3.63) is 18.0 Å². The van der Waals surface area contributed by atoms with Crippen LogP contribution >= 0.6 is 0 Å². The van der Waals surface area contributed by atoms with E-state index in [2.05, 4.69) is 5.10 Å². The van der Waals surface area contributed by atoms with Crippen LogP contribution in [0, 0.1) is 5.92 Å². The number of Topliss-reactive ketones (excluding diaryl/α,β-unsaturated/α-hetero) is 1. The van der Waals surface area contributed by atoms with Crippen LogP contribution in [0.25, 0.3) is 0 Å². The van der Waals surface area contributed by atoms with Crippen molar-refractivity contribution in [2.24, 2.45) is 13.0 Å². The van der Waals surface area contributed by atoms with Gasteiger partial charge in [-0.1, -0.05) is 0 Å². The first-order chi connectivity index (χ1) is 7.74. The minimum atomic E-state index is 0.347. The summed E-state index contributed by atoms with van der Waals surface area (Å²) in [5.41, 5.74) is 1.14. The lowest BCUT2D eigenvalue weighted by Gasteiger charge is -2.05. The van der Waals surface area contributed by atoms with Crippen molar-refractivity contribution in [2.75, 3.05) is 13.2 Å². The maximum atomic E-state index is 11.7. The summed E-state index contributed by atoms with van der Waals surface area (Å²) < 4.78 is 7.03. The SMILES string of the molecule is Cn1cc(CCC(=O)CC2CCOC2)cn1.